The SMILES string of the molecule is Bc1cnc2c(c1)CCc1cc(Cl)cc(C)c1C2C1CCN(C(=O)CC2CCN(C(N)=O)CC2)CC1. The zero-order valence-corrected chi connectivity index (χ0v) is 22.2. The summed E-state index contributed by atoms with van der Waals surface area (Å²) in [6.45, 7) is 5.09. The van der Waals surface area contributed by atoms with Gasteiger partial charge in [-0.05, 0) is 91.7 Å². The Kier molecular flexibility index (Phi) is 7.29. The average Bonchev–Trinajstić information content (AvgIpc) is 3.01. The number of pyridine rings is 1. The molecular weight excluding hydrogens is 471 g/mol. The summed E-state index contributed by atoms with van der Waals surface area (Å²) in [6, 6.07) is 6.19. The Balaban J connectivity index is 1.31. The summed E-state index contributed by atoms with van der Waals surface area (Å²) < 4.78 is 0. The van der Waals surface area contributed by atoms with Gasteiger partial charge in [-0.25, -0.2) is 4.79 Å². The van der Waals surface area contributed by atoms with Gasteiger partial charge in [0.05, 0.1) is 5.69 Å². The van der Waals surface area contributed by atoms with E-state index in [1.165, 1.54) is 33.4 Å². The van der Waals surface area contributed by atoms with Crippen LogP contribution in [0.5, 0.6) is 0 Å². The molecule has 8 heteroatoms. The van der Waals surface area contributed by atoms with Crippen molar-refractivity contribution in [2.24, 2.45) is 17.6 Å². The fraction of sp³-hybridized carbons (Fsp3) is 0.536. The minimum absolute atomic E-state index is 0.241. The number of carbonyl (C=O) groups excluding carboxylic acids is 2. The Morgan fingerprint density at radius 2 is 1.69 bits per heavy atom. The normalized spacial score (nSPS) is 21.0. The van der Waals surface area contributed by atoms with Crippen molar-refractivity contribution in [3.05, 3.63) is 57.4 Å². The molecule has 3 heterocycles. The largest absolute Gasteiger partial charge is 0.351 e. The molecule has 2 aromatic rings. The molecule has 3 aliphatic rings. The first-order chi connectivity index (χ1) is 17.3. The fourth-order valence-electron chi connectivity index (χ4n) is 6.68. The molecule has 0 spiro atoms. The second-order valence-corrected chi connectivity index (χ2v) is 11.5. The Morgan fingerprint density at radius 3 is 2.39 bits per heavy atom. The average molecular weight is 507 g/mol. The fourth-order valence-corrected chi connectivity index (χ4v) is 6.97. The lowest BCUT2D eigenvalue weighted by Crippen LogP contribution is -2.44. The Labute approximate surface area is 220 Å². The molecular formula is C28H36BClN4O2. The van der Waals surface area contributed by atoms with Crippen molar-refractivity contribution in [3.8, 4) is 0 Å². The van der Waals surface area contributed by atoms with Gasteiger partial charge in [-0.3, -0.25) is 9.78 Å². The third-order valence-electron chi connectivity index (χ3n) is 8.60. The number of likely N-dealkylation sites (tertiary alicyclic amines) is 2. The lowest BCUT2D eigenvalue weighted by Gasteiger charge is -2.38. The molecule has 36 heavy (non-hydrogen) atoms. The van der Waals surface area contributed by atoms with Gasteiger partial charge in [0.15, 0.2) is 0 Å². The molecule has 6 nitrogen and oxygen atoms in total. The van der Waals surface area contributed by atoms with Crippen LogP contribution in [0.2, 0.25) is 5.02 Å². The number of fused-ring (bicyclic) bond motifs is 2. The van der Waals surface area contributed by atoms with Crippen LogP contribution in [-0.2, 0) is 17.6 Å². The number of halogens is 1. The third kappa shape index (κ3) is 5.13. The maximum atomic E-state index is 13.1. The number of nitrogens with two attached hydrogens (primary N) is 1. The van der Waals surface area contributed by atoms with Gasteiger partial charge in [-0.2, -0.15) is 0 Å². The van der Waals surface area contributed by atoms with Gasteiger partial charge in [0.2, 0.25) is 5.91 Å². The summed E-state index contributed by atoms with van der Waals surface area (Å²) in [7, 11) is 2.12. The molecule has 0 radical (unpaired) electrons. The molecule has 0 saturated carbocycles. The van der Waals surface area contributed by atoms with Crippen LogP contribution in [0.3, 0.4) is 0 Å². The topological polar surface area (TPSA) is 79.5 Å². The van der Waals surface area contributed by atoms with Gasteiger partial charge in [-0.15, -0.1) is 0 Å². The highest BCUT2D eigenvalue weighted by Gasteiger charge is 2.36. The molecule has 1 atom stereocenters. The summed E-state index contributed by atoms with van der Waals surface area (Å²) in [5, 5.41) is 0.808. The van der Waals surface area contributed by atoms with Gasteiger partial charge in [-0.1, -0.05) is 23.1 Å². The maximum Gasteiger partial charge on any atom is 0.314 e. The third-order valence-corrected chi connectivity index (χ3v) is 8.82. The van der Waals surface area contributed by atoms with E-state index in [0.29, 0.717) is 31.3 Å². The number of hydrogen-bond acceptors (Lipinski definition) is 3. The van der Waals surface area contributed by atoms with Crippen LogP contribution in [0, 0.1) is 18.8 Å². The van der Waals surface area contributed by atoms with Crippen LogP contribution in [0.25, 0.3) is 0 Å². The van der Waals surface area contributed by atoms with Crippen LogP contribution >= 0.6 is 11.6 Å². The van der Waals surface area contributed by atoms with Gasteiger partial charge in [0, 0.05) is 49.7 Å². The predicted octanol–water partition coefficient (Wildman–Crippen LogP) is 2.95. The van der Waals surface area contributed by atoms with Crippen molar-refractivity contribution in [2.45, 2.75) is 57.8 Å². The monoisotopic (exact) mass is 506 g/mol. The number of benzene rings is 1. The van der Waals surface area contributed by atoms with Crippen molar-refractivity contribution in [3.63, 3.8) is 0 Å². The first-order valence-electron chi connectivity index (χ1n) is 13.4. The minimum atomic E-state index is -0.356. The second kappa shape index (κ2) is 10.4. The standard InChI is InChI=1S/C28H36BClN4O2/c1-17-12-23(30)15-20-2-3-21-14-22(29)16-32-27(21)26(25(17)20)19-6-10-33(11-7-19)24(35)13-18-4-8-34(9-5-18)28(31)36/h12,14-16,18-19,26H,2-11,13,29H2,1H3,(H2,31,36). The molecule has 2 fully saturated rings. The zero-order valence-electron chi connectivity index (χ0n) is 21.4. The summed E-state index contributed by atoms with van der Waals surface area (Å²) in [4.78, 5) is 33.3. The smallest absolute Gasteiger partial charge is 0.314 e. The quantitative estimate of drug-likeness (QED) is 0.650. The predicted molar refractivity (Wildman–Crippen MR) is 146 cm³/mol. The lowest BCUT2D eigenvalue weighted by molar-refractivity contribution is -0.134. The van der Waals surface area contributed by atoms with Crippen LogP contribution < -0.4 is 11.2 Å². The molecule has 1 unspecified atom stereocenters. The van der Waals surface area contributed by atoms with Gasteiger partial charge >= 0.3 is 6.03 Å². The summed E-state index contributed by atoms with van der Waals surface area (Å²) in [6.07, 6.45) is 8.22. The number of amides is 3. The van der Waals surface area contributed by atoms with Crippen molar-refractivity contribution >= 4 is 36.8 Å². The maximum absolute atomic E-state index is 13.1. The number of hydrogen-bond donors (Lipinski definition) is 1. The summed E-state index contributed by atoms with van der Waals surface area (Å²) in [5.41, 5.74) is 13.2. The van der Waals surface area contributed by atoms with Crippen molar-refractivity contribution < 1.29 is 9.59 Å². The van der Waals surface area contributed by atoms with E-state index in [4.69, 9.17) is 22.3 Å². The number of primary amides is 1. The first kappa shape index (κ1) is 25.1. The molecule has 5 rings (SSSR count). The number of aryl methyl sites for hydroxylation is 3. The number of rotatable bonds is 3. The Morgan fingerprint density at radius 1 is 1.03 bits per heavy atom. The summed E-state index contributed by atoms with van der Waals surface area (Å²) >= 11 is 6.48. The Bertz CT molecular complexity index is 1160. The minimum Gasteiger partial charge on any atom is -0.351 e. The molecule has 1 aromatic carbocycles. The molecule has 3 amide bonds. The van der Waals surface area contributed by atoms with E-state index in [9.17, 15) is 9.59 Å². The highest BCUT2D eigenvalue weighted by molar-refractivity contribution is 6.32. The van der Waals surface area contributed by atoms with E-state index in [2.05, 4.69) is 37.9 Å². The van der Waals surface area contributed by atoms with E-state index in [1.807, 2.05) is 6.20 Å². The molecule has 2 N–H and O–H groups in total. The highest BCUT2D eigenvalue weighted by Crippen LogP contribution is 2.44. The van der Waals surface area contributed by atoms with Crippen molar-refractivity contribution in [2.75, 3.05) is 26.2 Å². The number of nitrogens with zero attached hydrogens (tertiary/aromatic N) is 3. The molecule has 1 aliphatic carbocycles. The molecule has 2 saturated heterocycles. The van der Waals surface area contributed by atoms with Crippen LogP contribution in [-0.4, -0.2) is 60.7 Å². The first-order valence-corrected chi connectivity index (χ1v) is 13.7. The molecule has 190 valence electrons. The molecule has 2 aliphatic heterocycles. The molecule has 1 aromatic heterocycles. The Hall–Kier alpha value is -2.54. The van der Waals surface area contributed by atoms with E-state index >= 15 is 0 Å². The molecule has 0 bridgehead atoms. The van der Waals surface area contributed by atoms with Crippen molar-refractivity contribution in [1.29, 1.82) is 0 Å². The second-order valence-electron chi connectivity index (χ2n) is 11.0. The van der Waals surface area contributed by atoms with E-state index < -0.39 is 0 Å². The van der Waals surface area contributed by atoms with Gasteiger partial charge < -0.3 is 15.5 Å². The van der Waals surface area contributed by atoms with E-state index in [0.717, 1.165) is 56.6 Å². The van der Waals surface area contributed by atoms with Gasteiger partial charge in [0.25, 0.3) is 0 Å². The van der Waals surface area contributed by atoms with Gasteiger partial charge in [0.1, 0.15) is 7.85 Å². The van der Waals surface area contributed by atoms with E-state index in [1.54, 1.807) is 4.90 Å². The number of piperidine rings is 2. The lowest BCUT2D eigenvalue weighted by atomic mass is 9.75. The van der Waals surface area contributed by atoms with Crippen LogP contribution in [0.15, 0.2) is 24.4 Å². The zero-order chi connectivity index (χ0) is 25.4. The van der Waals surface area contributed by atoms with Crippen molar-refractivity contribution in [1.82, 2.24) is 14.8 Å². The number of carbonyl (C=O) groups is 2. The number of urea groups is 1. The number of aromatic nitrogens is 1. The highest BCUT2D eigenvalue weighted by atomic mass is 35.5. The summed E-state index contributed by atoms with van der Waals surface area (Å²) in [5.74, 6) is 1.28. The van der Waals surface area contributed by atoms with Crippen LogP contribution in [0.1, 0.15) is 66.0 Å². The van der Waals surface area contributed by atoms with Crippen LogP contribution in [0.4, 0.5) is 4.79 Å². The van der Waals surface area contributed by atoms with E-state index in [-0.39, 0.29) is 17.9 Å².